The first-order chi connectivity index (χ1) is 14.4. The van der Waals surface area contributed by atoms with E-state index in [4.69, 9.17) is 4.74 Å². The minimum Gasteiger partial charge on any atom is -0.481 e. The number of benzene rings is 2. The van der Waals surface area contributed by atoms with Crippen molar-refractivity contribution in [2.45, 2.75) is 30.6 Å². The highest BCUT2D eigenvalue weighted by molar-refractivity contribution is 7.89. The largest absolute Gasteiger partial charge is 0.481 e. The number of amides is 1. The molecule has 1 fully saturated rings. The van der Waals surface area contributed by atoms with Gasteiger partial charge in [0.2, 0.25) is 10.0 Å². The summed E-state index contributed by atoms with van der Waals surface area (Å²) in [7, 11) is -3.54. The lowest BCUT2D eigenvalue weighted by molar-refractivity contribution is -0.120. The second-order valence-corrected chi connectivity index (χ2v) is 9.35. The van der Waals surface area contributed by atoms with Crippen LogP contribution in [0.5, 0.6) is 5.75 Å². The monoisotopic (exact) mass is 436 g/mol. The number of rotatable bonds is 5. The second-order valence-electron chi connectivity index (χ2n) is 7.41. The zero-order chi connectivity index (χ0) is 21.3. The van der Waals surface area contributed by atoms with Crippen LogP contribution in [-0.2, 0) is 21.2 Å². The molecule has 2 aliphatic heterocycles. The van der Waals surface area contributed by atoms with E-state index in [1.807, 2.05) is 0 Å². The van der Waals surface area contributed by atoms with E-state index >= 15 is 0 Å². The highest BCUT2D eigenvalue weighted by Crippen LogP contribution is 2.32. The van der Waals surface area contributed by atoms with E-state index in [-0.39, 0.29) is 16.6 Å². The fraction of sp³-hybridized carbons (Fsp3) is 0.381. The number of carbonyl (C=O) groups excluding carboxylic acids is 1. The van der Waals surface area contributed by atoms with E-state index < -0.39 is 28.3 Å². The number of fused-ring (bicyclic) bond motifs is 1. The zero-order valence-electron chi connectivity index (χ0n) is 16.3. The summed E-state index contributed by atoms with van der Waals surface area (Å²) in [5, 5.41) is 0. The van der Waals surface area contributed by atoms with Crippen molar-refractivity contribution in [2.75, 3.05) is 31.1 Å². The van der Waals surface area contributed by atoms with Crippen LogP contribution < -0.4 is 9.64 Å². The van der Waals surface area contributed by atoms with Gasteiger partial charge >= 0.3 is 0 Å². The number of piperidine rings is 1. The van der Waals surface area contributed by atoms with Crippen LogP contribution in [0.2, 0.25) is 0 Å². The summed E-state index contributed by atoms with van der Waals surface area (Å²) >= 11 is 0. The quantitative estimate of drug-likeness (QED) is 0.723. The predicted molar refractivity (Wildman–Crippen MR) is 107 cm³/mol. The number of hydrogen-bond acceptors (Lipinski definition) is 4. The van der Waals surface area contributed by atoms with Gasteiger partial charge in [0.05, 0.1) is 4.90 Å². The third-order valence-electron chi connectivity index (χ3n) is 5.45. The van der Waals surface area contributed by atoms with Gasteiger partial charge in [-0.25, -0.2) is 17.2 Å². The van der Waals surface area contributed by atoms with Gasteiger partial charge in [-0.3, -0.25) is 4.79 Å². The SMILES string of the molecule is O=C(COc1ccc(F)cc1F)N1CCc2cc(S(=O)(=O)N3CCCCC3)ccc21. The van der Waals surface area contributed by atoms with Crippen molar-refractivity contribution in [3.63, 3.8) is 0 Å². The topological polar surface area (TPSA) is 66.9 Å². The molecule has 2 aromatic carbocycles. The van der Waals surface area contributed by atoms with E-state index in [1.54, 1.807) is 12.1 Å². The van der Waals surface area contributed by atoms with Gasteiger partial charge in [0.25, 0.3) is 5.91 Å². The third kappa shape index (κ3) is 4.04. The van der Waals surface area contributed by atoms with Gasteiger partial charge in [-0.2, -0.15) is 4.31 Å². The molecule has 0 N–H and O–H groups in total. The van der Waals surface area contributed by atoms with Crippen molar-refractivity contribution in [3.05, 3.63) is 53.6 Å². The summed E-state index contributed by atoms with van der Waals surface area (Å²) in [6, 6.07) is 7.67. The number of halogens is 2. The van der Waals surface area contributed by atoms with Crippen LogP contribution >= 0.6 is 0 Å². The zero-order valence-corrected chi connectivity index (χ0v) is 17.1. The van der Waals surface area contributed by atoms with Gasteiger partial charge in [-0.1, -0.05) is 6.42 Å². The Morgan fingerprint density at radius 3 is 2.50 bits per heavy atom. The van der Waals surface area contributed by atoms with E-state index in [9.17, 15) is 22.0 Å². The molecule has 1 saturated heterocycles. The van der Waals surface area contributed by atoms with Crippen molar-refractivity contribution < 1.29 is 26.7 Å². The lowest BCUT2D eigenvalue weighted by atomic mass is 10.2. The number of ether oxygens (including phenoxy) is 1. The molecule has 2 aromatic rings. The first-order valence-corrected chi connectivity index (χ1v) is 11.3. The Hall–Kier alpha value is -2.52. The lowest BCUT2D eigenvalue weighted by Crippen LogP contribution is -2.35. The molecule has 160 valence electrons. The molecule has 0 aromatic heterocycles. The van der Waals surface area contributed by atoms with Gasteiger partial charge in [0.1, 0.15) is 5.82 Å². The maximum absolute atomic E-state index is 13.7. The van der Waals surface area contributed by atoms with Crippen molar-refractivity contribution in [1.29, 1.82) is 0 Å². The summed E-state index contributed by atoms with van der Waals surface area (Å²) in [4.78, 5) is 14.3. The molecule has 2 heterocycles. The van der Waals surface area contributed by atoms with Gasteiger partial charge in [0.15, 0.2) is 18.2 Å². The van der Waals surface area contributed by atoms with E-state index in [1.165, 1.54) is 15.3 Å². The smallest absolute Gasteiger partial charge is 0.264 e. The van der Waals surface area contributed by atoms with Crippen molar-refractivity contribution in [2.24, 2.45) is 0 Å². The Kier molecular flexibility index (Phi) is 5.75. The molecular weight excluding hydrogens is 414 g/mol. The molecule has 6 nitrogen and oxygen atoms in total. The minimum absolute atomic E-state index is 0.202. The second kappa shape index (κ2) is 8.31. The maximum Gasteiger partial charge on any atom is 0.264 e. The number of nitrogens with zero attached hydrogens (tertiary/aromatic N) is 2. The Morgan fingerprint density at radius 1 is 1.00 bits per heavy atom. The number of carbonyl (C=O) groups is 1. The molecule has 2 aliphatic rings. The van der Waals surface area contributed by atoms with Crippen molar-refractivity contribution in [1.82, 2.24) is 4.31 Å². The Labute approximate surface area is 174 Å². The number of sulfonamides is 1. The average Bonchev–Trinajstić information content (AvgIpc) is 3.17. The van der Waals surface area contributed by atoms with Crippen LogP contribution in [0.3, 0.4) is 0 Å². The summed E-state index contributed by atoms with van der Waals surface area (Å²) < 4.78 is 59.1. The maximum atomic E-state index is 13.7. The van der Waals surface area contributed by atoms with Crippen LogP contribution in [-0.4, -0.2) is 44.9 Å². The fourth-order valence-corrected chi connectivity index (χ4v) is 5.43. The van der Waals surface area contributed by atoms with Crippen molar-refractivity contribution in [3.8, 4) is 5.75 Å². The molecule has 30 heavy (non-hydrogen) atoms. The molecule has 4 rings (SSSR count). The number of hydrogen-bond donors (Lipinski definition) is 0. The van der Waals surface area contributed by atoms with E-state index in [2.05, 4.69) is 0 Å². The van der Waals surface area contributed by atoms with Crippen LogP contribution in [0.4, 0.5) is 14.5 Å². The molecule has 0 radical (unpaired) electrons. The molecule has 0 aliphatic carbocycles. The summed E-state index contributed by atoms with van der Waals surface area (Å²) in [5.74, 6) is -2.19. The lowest BCUT2D eigenvalue weighted by Gasteiger charge is -2.26. The Morgan fingerprint density at radius 2 is 1.77 bits per heavy atom. The van der Waals surface area contributed by atoms with Crippen LogP contribution in [0, 0.1) is 11.6 Å². The normalized spacial score (nSPS) is 17.1. The molecule has 0 unspecified atom stereocenters. The van der Waals surface area contributed by atoms with Gasteiger partial charge in [-0.15, -0.1) is 0 Å². The minimum atomic E-state index is -3.54. The van der Waals surface area contributed by atoms with E-state index in [0.29, 0.717) is 37.8 Å². The number of anilines is 1. The predicted octanol–water partition coefficient (Wildman–Crippen LogP) is 3.11. The standard InChI is InChI=1S/C21H22F2N2O4S/c22-16-4-7-20(18(23)13-16)29-14-21(26)25-11-8-15-12-17(5-6-19(15)25)30(27,28)24-9-2-1-3-10-24/h4-7,12-13H,1-3,8-11,14H2. The van der Waals surface area contributed by atoms with Gasteiger partial charge in [-0.05, 0) is 55.2 Å². The molecule has 9 heteroatoms. The molecular formula is C21H22F2N2O4S. The van der Waals surface area contributed by atoms with Crippen LogP contribution in [0.1, 0.15) is 24.8 Å². The summed E-state index contributed by atoms with van der Waals surface area (Å²) in [5.41, 5.74) is 1.40. The van der Waals surface area contributed by atoms with E-state index in [0.717, 1.165) is 37.0 Å². The highest BCUT2D eigenvalue weighted by atomic mass is 32.2. The molecule has 0 atom stereocenters. The van der Waals surface area contributed by atoms with Crippen LogP contribution in [0.25, 0.3) is 0 Å². The summed E-state index contributed by atoms with van der Waals surface area (Å²) in [6.07, 6.45) is 3.29. The molecule has 1 amide bonds. The van der Waals surface area contributed by atoms with Gasteiger partial charge < -0.3 is 9.64 Å². The molecule has 0 spiro atoms. The van der Waals surface area contributed by atoms with Crippen LogP contribution in [0.15, 0.2) is 41.3 Å². The summed E-state index contributed by atoms with van der Waals surface area (Å²) in [6.45, 7) is 1.04. The molecule has 0 bridgehead atoms. The molecule has 0 saturated carbocycles. The first-order valence-electron chi connectivity index (χ1n) is 9.87. The Bertz CT molecular complexity index is 1070. The third-order valence-corrected chi connectivity index (χ3v) is 7.34. The average molecular weight is 436 g/mol. The fourth-order valence-electron chi connectivity index (χ4n) is 3.86. The Balaban J connectivity index is 1.47. The first kappa shape index (κ1) is 20.7. The van der Waals surface area contributed by atoms with Crippen molar-refractivity contribution >= 4 is 21.6 Å². The van der Waals surface area contributed by atoms with Gasteiger partial charge in [0, 0.05) is 31.4 Å². The highest BCUT2D eigenvalue weighted by Gasteiger charge is 2.30.